The largest absolute Gasteiger partial charge is 0.412 e. The predicted octanol–water partition coefficient (Wildman–Crippen LogP) is 5.80. The van der Waals surface area contributed by atoms with E-state index in [4.69, 9.17) is 11.6 Å². The van der Waals surface area contributed by atoms with Gasteiger partial charge in [-0.05, 0) is 37.6 Å². The molecule has 0 aliphatic carbocycles. The van der Waals surface area contributed by atoms with Crippen LogP contribution in [0.25, 0.3) is 16.6 Å². The summed E-state index contributed by atoms with van der Waals surface area (Å²) in [6.45, 7) is 5.14. The van der Waals surface area contributed by atoms with Crippen LogP contribution in [0.2, 0.25) is 5.02 Å². The van der Waals surface area contributed by atoms with Crippen molar-refractivity contribution in [2.24, 2.45) is 5.92 Å². The van der Waals surface area contributed by atoms with E-state index in [1.54, 1.807) is 35.0 Å². The van der Waals surface area contributed by atoms with Gasteiger partial charge in [0.1, 0.15) is 0 Å². The summed E-state index contributed by atoms with van der Waals surface area (Å²) in [5.41, 5.74) is 0.312. The van der Waals surface area contributed by atoms with Crippen molar-refractivity contribution >= 4 is 28.2 Å². The van der Waals surface area contributed by atoms with E-state index in [2.05, 4.69) is 6.58 Å². The molecule has 0 aliphatic rings. The van der Waals surface area contributed by atoms with Crippen LogP contribution >= 0.6 is 11.6 Å². The first kappa shape index (κ1) is 17.2. The average molecular weight is 339 g/mol. The Kier molecular flexibility index (Phi) is 4.86. The van der Waals surface area contributed by atoms with Gasteiger partial charge in [-0.1, -0.05) is 24.3 Å². The number of halogens is 4. The summed E-state index contributed by atoms with van der Waals surface area (Å²) in [5, 5.41) is 10.7. The van der Waals surface area contributed by atoms with Crippen LogP contribution in [0.15, 0.2) is 48.7 Å². The molecular formula is C17H14ClF3N2. The van der Waals surface area contributed by atoms with Gasteiger partial charge in [-0.15, -0.1) is 0 Å². The van der Waals surface area contributed by atoms with Crippen LogP contribution in [-0.2, 0) is 0 Å². The maximum Gasteiger partial charge on any atom is 0.412 e. The van der Waals surface area contributed by atoms with Crippen molar-refractivity contribution in [1.82, 2.24) is 4.57 Å². The van der Waals surface area contributed by atoms with Gasteiger partial charge in [0.25, 0.3) is 0 Å². The Morgan fingerprint density at radius 3 is 2.70 bits per heavy atom. The fourth-order valence-electron chi connectivity index (χ4n) is 2.39. The van der Waals surface area contributed by atoms with Gasteiger partial charge in [0, 0.05) is 27.9 Å². The minimum atomic E-state index is -4.45. The van der Waals surface area contributed by atoms with Gasteiger partial charge >= 0.3 is 6.18 Å². The van der Waals surface area contributed by atoms with E-state index < -0.39 is 24.1 Å². The Morgan fingerprint density at radius 1 is 1.43 bits per heavy atom. The molecule has 1 heterocycles. The Morgan fingerprint density at radius 2 is 2.13 bits per heavy atom. The molecule has 0 aliphatic heterocycles. The maximum absolute atomic E-state index is 12.9. The number of hydrogen-bond acceptors (Lipinski definition) is 1. The Hall–Kier alpha value is -2.19. The fourth-order valence-corrected chi connectivity index (χ4v) is 2.57. The highest BCUT2D eigenvalue weighted by atomic mass is 35.5. The first-order valence-corrected chi connectivity index (χ1v) is 7.23. The molecule has 0 fully saturated rings. The zero-order valence-corrected chi connectivity index (χ0v) is 13.1. The third-order valence-corrected chi connectivity index (χ3v) is 3.89. The molecule has 0 amide bonds. The number of aromatic nitrogens is 1. The van der Waals surface area contributed by atoms with Crippen LogP contribution in [0.5, 0.6) is 0 Å². The predicted molar refractivity (Wildman–Crippen MR) is 85.8 cm³/mol. The molecule has 120 valence electrons. The van der Waals surface area contributed by atoms with Crippen LogP contribution in [0.4, 0.5) is 13.2 Å². The van der Waals surface area contributed by atoms with Crippen LogP contribution in [0.1, 0.15) is 13.3 Å². The lowest BCUT2D eigenvalue weighted by atomic mass is 9.97. The van der Waals surface area contributed by atoms with Crippen LogP contribution in [0.3, 0.4) is 0 Å². The Labute approximate surface area is 137 Å². The SMILES string of the molecule is C=C(C(C#N)C/C(=C\C)C(F)(F)F)n1ccc2cc(Cl)ccc21. The van der Waals surface area contributed by atoms with E-state index in [1.807, 2.05) is 6.07 Å². The van der Waals surface area contributed by atoms with Gasteiger partial charge in [0.2, 0.25) is 0 Å². The molecule has 0 radical (unpaired) electrons. The van der Waals surface area contributed by atoms with E-state index in [-0.39, 0.29) is 0 Å². The third-order valence-electron chi connectivity index (χ3n) is 3.66. The summed E-state index contributed by atoms with van der Waals surface area (Å²) in [7, 11) is 0. The van der Waals surface area contributed by atoms with Crippen LogP contribution in [-0.4, -0.2) is 10.7 Å². The molecule has 0 N–H and O–H groups in total. The van der Waals surface area contributed by atoms with E-state index in [9.17, 15) is 18.4 Å². The summed E-state index contributed by atoms with van der Waals surface area (Å²) >= 11 is 5.92. The van der Waals surface area contributed by atoms with Gasteiger partial charge in [-0.25, -0.2) is 0 Å². The van der Waals surface area contributed by atoms with Crippen molar-refractivity contribution in [2.75, 3.05) is 0 Å². The van der Waals surface area contributed by atoms with Crippen molar-refractivity contribution in [2.45, 2.75) is 19.5 Å². The zero-order chi connectivity index (χ0) is 17.2. The number of rotatable bonds is 4. The van der Waals surface area contributed by atoms with E-state index in [0.717, 1.165) is 17.0 Å². The number of hydrogen-bond donors (Lipinski definition) is 0. The van der Waals surface area contributed by atoms with Crippen molar-refractivity contribution < 1.29 is 13.2 Å². The molecule has 0 saturated carbocycles. The molecule has 2 aromatic rings. The van der Waals surface area contributed by atoms with Crippen LogP contribution < -0.4 is 0 Å². The second kappa shape index (κ2) is 6.51. The highest BCUT2D eigenvalue weighted by Gasteiger charge is 2.35. The molecule has 2 rings (SSSR count). The van der Waals surface area contributed by atoms with E-state index in [0.29, 0.717) is 10.7 Å². The standard InChI is InChI=1S/C17H14ClF3N2/c1-3-14(17(19,20)21)8-13(10-22)11(2)23-7-6-12-9-15(18)4-5-16(12)23/h3-7,9,13H,2,8H2,1H3/b14-3+. The summed E-state index contributed by atoms with van der Waals surface area (Å²) in [6, 6.07) is 8.87. The summed E-state index contributed by atoms with van der Waals surface area (Å²) in [5.74, 6) is -0.978. The van der Waals surface area contributed by atoms with Crippen molar-refractivity contribution in [3.8, 4) is 6.07 Å². The summed E-state index contributed by atoms with van der Waals surface area (Å²) in [6.07, 6.45) is -2.21. The van der Waals surface area contributed by atoms with Gasteiger partial charge < -0.3 is 4.57 Å². The molecule has 0 saturated heterocycles. The molecule has 6 heteroatoms. The van der Waals surface area contributed by atoms with Crippen molar-refractivity contribution in [1.29, 1.82) is 5.26 Å². The molecule has 0 spiro atoms. The van der Waals surface area contributed by atoms with E-state index >= 15 is 0 Å². The normalized spacial score (nSPS) is 13.8. The highest BCUT2D eigenvalue weighted by Crippen LogP contribution is 2.34. The maximum atomic E-state index is 12.9. The summed E-state index contributed by atoms with van der Waals surface area (Å²) < 4.78 is 40.3. The number of alkyl halides is 3. The van der Waals surface area contributed by atoms with Gasteiger partial charge in [-0.2, -0.15) is 18.4 Å². The van der Waals surface area contributed by atoms with Gasteiger partial charge in [0.05, 0.1) is 17.5 Å². The monoisotopic (exact) mass is 338 g/mol. The minimum Gasteiger partial charge on any atom is -0.320 e. The first-order chi connectivity index (χ1) is 10.8. The van der Waals surface area contributed by atoms with Crippen LogP contribution in [0, 0.1) is 17.2 Å². The number of fused-ring (bicyclic) bond motifs is 1. The van der Waals surface area contributed by atoms with Gasteiger partial charge in [-0.3, -0.25) is 0 Å². The fraction of sp³-hybridized carbons (Fsp3) is 0.235. The van der Waals surface area contributed by atoms with Gasteiger partial charge in [0.15, 0.2) is 0 Å². The second-order valence-corrected chi connectivity index (χ2v) is 5.51. The molecular weight excluding hydrogens is 325 g/mol. The quantitative estimate of drug-likeness (QED) is 0.647. The molecule has 1 unspecified atom stereocenters. The number of nitrogens with zero attached hydrogens (tertiary/aromatic N) is 2. The smallest absolute Gasteiger partial charge is 0.320 e. The zero-order valence-electron chi connectivity index (χ0n) is 12.4. The third kappa shape index (κ3) is 3.59. The van der Waals surface area contributed by atoms with Crippen molar-refractivity contribution in [3.05, 3.63) is 53.7 Å². The molecule has 1 aromatic heterocycles. The minimum absolute atomic E-state index is 0.299. The lowest BCUT2D eigenvalue weighted by Gasteiger charge is -2.18. The molecule has 1 aromatic carbocycles. The molecule has 2 nitrogen and oxygen atoms in total. The molecule has 0 bridgehead atoms. The number of allylic oxidation sites excluding steroid dienone is 3. The molecule has 1 atom stereocenters. The second-order valence-electron chi connectivity index (χ2n) is 5.08. The van der Waals surface area contributed by atoms with Crippen molar-refractivity contribution in [3.63, 3.8) is 0 Å². The number of benzene rings is 1. The topological polar surface area (TPSA) is 28.7 Å². The lowest BCUT2D eigenvalue weighted by molar-refractivity contribution is -0.0945. The molecule has 23 heavy (non-hydrogen) atoms. The summed E-state index contributed by atoms with van der Waals surface area (Å²) in [4.78, 5) is 0. The Balaban J connectivity index is 2.35. The first-order valence-electron chi connectivity index (χ1n) is 6.85. The highest BCUT2D eigenvalue weighted by molar-refractivity contribution is 6.31. The lowest BCUT2D eigenvalue weighted by Crippen LogP contribution is -2.16. The van der Waals surface area contributed by atoms with E-state index in [1.165, 1.54) is 6.92 Å². The Bertz CT molecular complexity index is 809. The average Bonchev–Trinajstić information content (AvgIpc) is 2.89. The number of nitriles is 1.